The smallest absolute Gasteiger partial charge is 0.213 e. The lowest BCUT2D eigenvalue weighted by atomic mass is 10.0. The van der Waals surface area contributed by atoms with Crippen LogP contribution in [0.1, 0.15) is 28.2 Å². The van der Waals surface area contributed by atoms with E-state index in [4.69, 9.17) is 0 Å². The highest BCUT2D eigenvalue weighted by Gasteiger charge is 2.18. The summed E-state index contributed by atoms with van der Waals surface area (Å²) in [5.41, 5.74) is 3.52. The third-order valence-electron chi connectivity index (χ3n) is 4.96. The van der Waals surface area contributed by atoms with Gasteiger partial charge in [0.2, 0.25) is 5.78 Å². The molecule has 0 saturated carbocycles. The van der Waals surface area contributed by atoms with Crippen molar-refractivity contribution in [2.24, 2.45) is 0 Å². The Balaban J connectivity index is 1.65. The van der Waals surface area contributed by atoms with Gasteiger partial charge in [-0.05, 0) is 44.2 Å². The van der Waals surface area contributed by atoms with Crippen LogP contribution in [0.4, 0.5) is 5.82 Å². The minimum Gasteiger partial charge on any atom is -0.355 e. The minimum absolute atomic E-state index is 0.106. The molecule has 1 fully saturated rings. The third-order valence-corrected chi connectivity index (χ3v) is 4.96. The molecule has 1 aliphatic heterocycles. The lowest BCUT2D eigenvalue weighted by Gasteiger charge is -2.21. The number of anilines is 1. The molecule has 0 amide bonds. The van der Waals surface area contributed by atoms with E-state index in [0.717, 1.165) is 49.5 Å². The fourth-order valence-electron chi connectivity index (χ4n) is 3.39. The first-order valence-electron chi connectivity index (χ1n) is 9.57. The molecule has 4 heterocycles. The highest BCUT2D eigenvalue weighted by atomic mass is 16.1. The zero-order valence-corrected chi connectivity index (χ0v) is 15.9. The number of carbonyl (C=O) groups is 1. The highest BCUT2D eigenvalue weighted by Crippen LogP contribution is 2.22. The van der Waals surface area contributed by atoms with Crippen LogP contribution in [0.25, 0.3) is 11.1 Å². The van der Waals surface area contributed by atoms with E-state index in [-0.39, 0.29) is 5.78 Å². The summed E-state index contributed by atoms with van der Waals surface area (Å²) in [4.78, 5) is 28.7. The van der Waals surface area contributed by atoms with Crippen LogP contribution in [0.15, 0.2) is 55.0 Å². The lowest BCUT2D eigenvalue weighted by Crippen LogP contribution is -2.29. The van der Waals surface area contributed by atoms with Gasteiger partial charge in [0.15, 0.2) is 0 Å². The summed E-state index contributed by atoms with van der Waals surface area (Å²) >= 11 is 0. The van der Waals surface area contributed by atoms with Crippen molar-refractivity contribution < 1.29 is 4.79 Å². The molecule has 142 valence electrons. The van der Waals surface area contributed by atoms with Crippen molar-refractivity contribution in [2.75, 3.05) is 31.1 Å². The average molecular weight is 373 g/mol. The number of hydrogen-bond acceptors (Lipinski definition) is 6. The number of hydrogen-bond donors (Lipinski definition) is 1. The second-order valence-electron chi connectivity index (χ2n) is 6.90. The first-order valence-corrected chi connectivity index (χ1v) is 9.57. The molecular weight excluding hydrogens is 350 g/mol. The van der Waals surface area contributed by atoms with Gasteiger partial charge in [-0.2, -0.15) is 0 Å². The molecule has 3 aromatic rings. The van der Waals surface area contributed by atoms with Crippen LogP contribution < -0.4 is 10.2 Å². The standard InChI is InChI=1S/C22H23N5O/c1-16-19(13-18(15-25-16)17-5-3-8-24-14-17)22(28)20-6-2-7-21(26-20)27-11-4-9-23-10-12-27/h2-3,5-8,13-15,23H,4,9-12H2,1H3. The largest absolute Gasteiger partial charge is 0.355 e. The maximum Gasteiger partial charge on any atom is 0.213 e. The van der Waals surface area contributed by atoms with E-state index < -0.39 is 0 Å². The Morgan fingerprint density at radius 2 is 2.00 bits per heavy atom. The molecule has 0 aromatic carbocycles. The molecule has 1 saturated heterocycles. The number of rotatable bonds is 4. The van der Waals surface area contributed by atoms with E-state index in [0.29, 0.717) is 17.0 Å². The third kappa shape index (κ3) is 3.92. The van der Waals surface area contributed by atoms with Crippen LogP contribution in [0.3, 0.4) is 0 Å². The summed E-state index contributed by atoms with van der Waals surface area (Å²) in [5, 5.41) is 3.39. The lowest BCUT2D eigenvalue weighted by molar-refractivity contribution is 0.103. The second-order valence-corrected chi connectivity index (χ2v) is 6.90. The number of aryl methyl sites for hydroxylation is 1. The molecule has 0 atom stereocenters. The number of carbonyl (C=O) groups excluding carboxylic acids is 1. The first-order chi connectivity index (χ1) is 13.7. The van der Waals surface area contributed by atoms with Crippen LogP contribution in [0.5, 0.6) is 0 Å². The van der Waals surface area contributed by atoms with Gasteiger partial charge in [0.05, 0.1) is 0 Å². The van der Waals surface area contributed by atoms with Crippen molar-refractivity contribution in [1.29, 1.82) is 0 Å². The van der Waals surface area contributed by atoms with Gasteiger partial charge < -0.3 is 10.2 Å². The summed E-state index contributed by atoms with van der Waals surface area (Å²) in [7, 11) is 0. The van der Waals surface area contributed by atoms with Gasteiger partial charge in [-0.1, -0.05) is 12.1 Å². The van der Waals surface area contributed by atoms with Gasteiger partial charge in [0.25, 0.3) is 0 Å². The Morgan fingerprint density at radius 1 is 1.07 bits per heavy atom. The quantitative estimate of drug-likeness (QED) is 0.709. The van der Waals surface area contributed by atoms with Gasteiger partial charge in [0.1, 0.15) is 11.5 Å². The van der Waals surface area contributed by atoms with Crippen molar-refractivity contribution in [3.63, 3.8) is 0 Å². The zero-order chi connectivity index (χ0) is 19.3. The summed E-state index contributed by atoms with van der Waals surface area (Å²) < 4.78 is 0. The van der Waals surface area contributed by atoms with Crippen LogP contribution in [-0.2, 0) is 0 Å². The fourth-order valence-corrected chi connectivity index (χ4v) is 3.39. The van der Waals surface area contributed by atoms with Crippen molar-refractivity contribution >= 4 is 11.6 Å². The molecule has 6 nitrogen and oxygen atoms in total. The summed E-state index contributed by atoms with van der Waals surface area (Å²) in [6.07, 6.45) is 6.34. The van der Waals surface area contributed by atoms with Gasteiger partial charge in [-0.15, -0.1) is 0 Å². The maximum absolute atomic E-state index is 13.2. The van der Waals surface area contributed by atoms with Crippen molar-refractivity contribution in [3.05, 3.63) is 71.9 Å². The van der Waals surface area contributed by atoms with Crippen LogP contribution >= 0.6 is 0 Å². The molecule has 0 radical (unpaired) electrons. The Hall–Kier alpha value is -3.12. The number of aromatic nitrogens is 3. The predicted molar refractivity (Wildman–Crippen MR) is 110 cm³/mol. The Kier molecular flexibility index (Phi) is 5.39. The zero-order valence-electron chi connectivity index (χ0n) is 15.9. The van der Waals surface area contributed by atoms with Crippen molar-refractivity contribution in [3.8, 4) is 11.1 Å². The normalized spacial score (nSPS) is 14.5. The van der Waals surface area contributed by atoms with E-state index in [1.54, 1.807) is 24.7 Å². The molecule has 6 heteroatoms. The van der Waals surface area contributed by atoms with E-state index >= 15 is 0 Å². The molecule has 1 N–H and O–H groups in total. The number of pyridine rings is 3. The molecule has 0 spiro atoms. The van der Waals surface area contributed by atoms with Crippen LogP contribution in [0, 0.1) is 6.92 Å². The SMILES string of the molecule is Cc1ncc(-c2cccnc2)cc1C(=O)c1cccc(N2CCCNCC2)n1. The molecular formula is C22H23N5O. The summed E-state index contributed by atoms with van der Waals surface area (Å²) in [6.45, 7) is 5.62. The second kappa shape index (κ2) is 8.27. The van der Waals surface area contributed by atoms with E-state index in [9.17, 15) is 4.79 Å². The van der Waals surface area contributed by atoms with Gasteiger partial charge in [-0.25, -0.2) is 4.98 Å². The van der Waals surface area contributed by atoms with E-state index in [1.165, 1.54) is 0 Å². The summed E-state index contributed by atoms with van der Waals surface area (Å²) in [6, 6.07) is 11.4. The topological polar surface area (TPSA) is 71.0 Å². The van der Waals surface area contributed by atoms with Crippen LogP contribution in [-0.4, -0.2) is 46.9 Å². The molecule has 28 heavy (non-hydrogen) atoms. The first kappa shape index (κ1) is 18.3. The number of nitrogens with zero attached hydrogens (tertiary/aromatic N) is 4. The van der Waals surface area contributed by atoms with Gasteiger partial charge >= 0.3 is 0 Å². The van der Waals surface area contributed by atoms with Gasteiger partial charge in [0, 0.05) is 60.6 Å². The molecule has 1 aliphatic rings. The Labute approximate surface area is 164 Å². The number of nitrogens with one attached hydrogen (secondary N) is 1. The monoisotopic (exact) mass is 373 g/mol. The molecule has 3 aromatic heterocycles. The molecule has 0 bridgehead atoms. The molecule has 0 unspecified atom stereocenters. The van der Waals surface area contributed by atoms with Crippen LogP contribution in [0.2, 0.25) is 0 Å². The minimum atomic E-state index is -0.106. The molecule has 4 rings (SSSR count). The maximum atomic E-state index is 13.2. The van der Waals surface area contributed by atoms with Crippen molar-refractivity contribution in [1.82, 2.24) is 20.3 Å². The van der Waals surface area contributed by atoms with E-state index in [1.807, 2.05) is 37.3 Å². The number of ketones is 1. The van der Waals surface area contributed by atoms with Gasteiger partial charge in [-0.3, -0.25) is 14.8 Å². The molecule has 0 aliphatic carbocycles. The predicted octanol–water partition coefficient (Wildman–Crippen LogP) is 2.88. The van der Waals surface area contributed by atoms with Crippen molar-refractivity contribution in [2.45, 2.75) is 13.3 Å². The average Bonchev–Trinajstić information content (AvgIpc) is 3.04. The van der Waals surface area contributed by atoms with E-state index in [2.05, 4.69) is 25.2 Å². The Morgan fingerprint density at radius 3 is 2.86 bits per heavy atom. The fraction of sp³-hybridized carbons (Fsp3) is 0.273. The summed E-state index contributed by atoms with van der Waals surface area (Å²) in [5.74, 6) is 0.745. The highest BCUT2D eigenvalue weighted by molar-refractivity contribution is 6.09. The Bertz CT molecular complexity index is 966.